The van der Waals surface area contributed by atoms with Crippen LogP contribution >= 0.6 is 0 Å². The first kappa shape index (κ1) is 16.6. The molecule has 0 saturated carbocycles. The minimum absolute atomic E-state index is 0.0342. The predicted molar refractivity (Wildman–Crippen MR) is 84.9 cm³/mol. The molecule has 0 radical (unpaired) electrons. The van der Waals surface area contributed by atoms with Crippen LogP contribution in [0.4, 0.5) is 4.79 Å². The van der Waals surface area contributed by atoms with Crippen LogP contribution in [-0.2, 0) is 9.84 Å². The summed E-state index contributed by atoms with van der Waals surface area (Å²) < 4.78 is 28.3. The van der Waals surface area contributed by atoms with Crippen LogP contribution < -0.4 is 10.1 Å². The molecule has 0 aromatic heterocycles. The number of sulfone groups is 1. The second-order valence-electron chi connectivity index (χ2n) is 5.63. The van der Waals surface area contributed by atoms with Gasteiger partial charge in [0.15, 0.2) is 9.84 Å². The highest BCUT2D eigenvalue weighted by atomic mass is 32.2. The Balaban J connectivity index is 1.71. The van der Waals surface area contributed by atoms with E-state index in [0.717, 1.165) is 11.3 Å². The van der Waals surface area contributed by atoms with Crippen LogP contribution in [0.15, 0.2) is 24.3 Å². The Labute approximate surface area is 131 Å². The molecule has 1 aromatic carbocycles. The van der Waals surface area contributed by atoms with Gasteiger partial charge in [-0.2, -0.15) is 0 Å². The van der Waals surface area contributed by atoms with E-state index in [0.29, 0.717) is 19.6 Å². The lowest BCUT2D eigenvalue weighted by molar-refractivity contribution is 0.192. The number of carbonyl (C=O) groups is 1. The van der Waals surface area contributed by atoms with E-state index >= 15 is 0 Å². The second-order valence-corrected chi connectivity index (χ2v) is 7.86. The molecule has 2 rings (SSSR count). The molecular formula is C15H22N2O4S. The van der Waals surface area contributed by atoms with Crippen LogP contribution in [0.25, 0.3) is 0 Å². The summed E-state index contributed by atoms with van der Waals surface area (Å²) in [5.74, 6) is 0.950. The Morgan fingerprint density at radius 1 is 1.36 bits per heavy atom. The Bertz CT molecular complexity index is 613. The Morgan fingerprint density at radius 3 is 2.64 bits per heavy atom. The molecule has 0 bridgehead atoms. The molecule has 7 heteroatoms. The van der Waals surface area contributed by atoms with Crippen molar-refractivity contribution in [3.8, 4) is 5.75 Å². The molecule has 1 aliphatic heterocycles. The molecule has 1 fully saturated rings. The van der Waals surface area contributed by atoms with Crippen LogP contribution in [0.3, 0.4) is 0 Å². The van der Waals surface area contributed by atoms with E-state index < -0.39 is 9.84 Å². The standard InChI is InChI=1S/C15H22N2O4S/c1-12-3-5-14(6-4-12)21-9-8-17(2)15(18)16-13-7-10-22(19,20)11-13/h3-6,13H,7-11H2,1-2H3,(H,16,18). The number of urea groups is 1. The molecule has 1 N–H and O–H groups in total. The van der Waals surface area contributed by atoms with Gasteiger partial charge in [0.05, 0.1) is 18.1 Å². The van der Waals surface area contributed by atoms with Gasteiger partial charge in [-0.15, -0.1) is 0 Å². The quantitative estimate of drug-likeness (QED) is 0.882. The number of nitrogens with zero attached hydrogens (tertiary/aromatic N) is 1. The fourth-order valence-electron chi connectivity index (χ4n) is 2.23. The van der Waals surface area contributed by atoms with Gasteiger partial charge in [0, 0.05) is 13.1 Å². The molecule has 0 spiro atoms. The zero-order valence-corrected chi connectivity index (χ0v) is 13.7. The fraction of sp³-hybridized carbons (Fsp3) is 0.533. The summed E-state index contributed by atoms with van der Waals surface area (Å²) >= 11 is 0. The number of benzene rings is 1. The fourth-order valence-corrected chi connectivity index (χ4v) is 3.90. The molecule has 122 valence electrons. The van der Waals surface area contributed by atoms with Crippen molar-refractivity contribution in [1.29, 1.82) is 0 Å². The molecule has 1 aromatic rings. The molecule has 0 aliphatic carbocycles. The normalized spacial score (nSPS) is 19.6. The number of hydrogen-bond donors (Lipinski definition) is 1. The molecule has 2 amide bonds. The van der Waals surface area contributed by atoms with E-state index in [4.69, 9.17) is 4.74 Å². The van der Waals surface area contributed by atoms with E-state index in [1.54, 1.807) is 7.05 Å². The highest BCUT2D eigenvalue weighted by molar-refractivity contribution is 7.91. The lowest BCUT2D eigenvalue weighted by Crippen LogP contribution is -2.44. The van der Waals surface area contributed by atoms with Crippen molar-refractivity contribution in [2.24, 2.45) is 0 Å². The van der Waals surface area contributed by atoms with Gasteiger partial charge in [0.1, 0.15) is 12.4 Å². The van der Waals surface area contributed by atoms with Crippen LogP contribution in [0.1, 0.15) is 12.0 Å². The summed E-state index contributed by atoms with van der Waals surface area (Å²) in [5, 5.41) is 2.74. The van der Waals surface area contributed by atoms with Crippen molar-refractivity contribution < 1.29 is 17.9 Å². The number of aryl methyl sites for hydroxylation is 1. The number of amides is 2. The van der Waals surface area contributed by atoms with Gasteiger partial charge in [0.25, 0.3) is 0 Å². The molecule has 1 atom stereocenters. The van der Waals surface area contributed by atoms with Crippen molar-refractivity contribution in [3.05, 3.63) is 29.8 Å². The van der Waals surface area contributed by atoms with E-state index in [2.05, 4.69) is 5.32 Å². The number of carbonyl (C=O) groups excluding carboxylic acids is 1. The van der Waals surface area contributed by atoms with E-state index in [1.807, 2.05) is 31.2 Å². The molecular weight excluding hydrogens is 304 g/mol. The van der Waals surface area contributed by atoms with E-state index in [9.17, 15) is 13.2 Å². The van der Waals surface area contributed by atoms with Crippen LogP contribution in [0, 0.1) is 6.92 Å². The maximum absolute atomic E-state index is 12.0. The third-order valence-corrected chi connectivity index (χ3v) is 5.39. The van der Waals surface area contributed by atoms with Gasteiger partial charge < -0.3 is 15.0 Å². The molecule has 1 aliphatic rings. The molecule has 1 heterocycles. The molecule has 22 heavy (non-hydrogen) atoms. The summed E-state index contributed by atoms with van der Waals surface area (Å²) in [5.41, 5.74) is 1.16. The first-order valence-corrected chi connectivity index (χ1v) is 9.09. The number of ether oxygens (including phenoxy) is 1. The molecule has 1 unspecified atom stereocenters. The monoisotopic (exact) mass is 326 g/mol. The molecule has 6 nitrogen and oxygen atoms in total. The summed E-state index contributed by atoms with van der Waals surface area (Å²) in [6.45, 7) is 2.82. The number of hydrogen-bond acceptors (Lipinski definition) is 4. The van der Waals surface area contributed by atoms with Gasteiger partial charge >= 0.3 is 6.03 Å². The Kier molecular flexibility index (Phi) is 5.28. The van der Waals surface area contributed by atoms with Crippen LogP contribution in [-0.4, -0.2) is 57.1 Å². The average molecular weight is 326 g/mol. The van der Waals surface area contributed by atoms with Gasteiger partial charge in [0.2, 0.25) is 0 Å². The molecule has 1 saturated heterocycles. The zero-order chi connectivity index (χ0) is 16.2. The van der Waals surface area contributed by atoms with Crippen molar-refractivity contribution >= 4 is 15.9 Å². The highest BCUT2D eigenvalue weighted by Crippen LogP contribution is 2.12. The maximum atomic E-state index is 12.0. The Hall–Kier alpha value is -1.76. The Morgan fingerprint density at radius 2 is 2.05 bits per heavy atom. The summed E-state index contributed by atoms with van der Waals surface area (Å²) in [4.78, 5) is 13.5. The SMILES string of the molecule is Cc1ccc(OCCN(C)C(=O)NC2CCS(=O)(=O)C2)cc1. The van der Waals surface area contributed by atoms with Gasteiger partial charge in [-0.05, 0) is 25.5 Å². The topological polar surface area (TPSA) is 75.7 Å². The number of likely N-dealkylation sites (N-methyl/N-ethyl adjacent to an activating group) is 1. The third-order valence-electron chi connectivity index (χ3n) is 3.62. The predicted octanol–water partition coefficient (Wildman–Crippen LogP) is 1.20. The van der Waals surface area contributed by atoms with Gasteiger partial charge in [-0.1, -0.05) is 17.7 Å². The second kappa shape index (κ2) is 7.00. The summed E-state index contributed by atoms with van der Waals surface area (Å²) in [7, 11) is -1.32. The van der Waals surface area contributed by atoms with Crippen LogP contribution in [0.2, 0.25) is 0 Å². The maximum Gasteiger partial charge on any atom is 0.317 e. The minimum Gasteiger partial charge on any atom is -0.492 e. The minimum atomic E-state index is -2.98. The average Bonchev–Trinajstić information content (AvgIpc) is 2.80. The largest absolute Gasteiger partial charge is 0.492 e. The first-order chi connectivity index (χ1) is 10.4. The van der Waals surface area contributed by atoms with Gasteiger partial charge in [-0.25, -0.2) is 13.2 Å². The van der Waals surface area contributed by atoms with Crippen molar-refractivity contribution in [1.82, 2.24) is 10.2 Å². The smallest absolute Gasteiger partial charge is 0.317 e. The number of nitrogens with one attached hydrogen (secondary N) is 1. The van der Waals surface area contributed by atoms with Crippen molar-refractivity contribution in [2.75, 3.05) is 31.7 Å². The lowest BCUT2D eigenvalue weighted by Gasteiger charge is -2.20. The summed E-state index contributed by atoms with van der Waals surface area (Å²) in [6.07, 6.45) is 0.488. The van der Waals surface area contributed by atoms with Gasteiger partial charge in [-0.3, -0.25) is 0 Å². The third kappa shape index (κ3) is 4.91. The van der Waals surface area contributed by atoms with Crippen molar-refractivity contribution in [3.63, 3.8) is 0 Å². The highest BCUT2D eigenvalue weighted by Gasteiger charge is 2.29. The van der Waals surface area contributed by atoms with E-state index in [1.165, 1.54) is 4.90 Å². The summed E-state index contributed by atoms with van der Waals surface area (Å²) in [6, 6.07) is 7.16. The lowest BCUT2D eigenvalue weighted by atomic mass is 10.2. The zero-order valence-electron chi connectivity index (χ0n) is 12.9. The van der Waals surface area contributed by atoms with Crippen molar-refractivity contribution in [2.45, 2.75) is 19.4 Å². The number of rotatable bonds is 5. The van der Waals surface area contributed by atoms with E-state index in [-0.39, 0.29) is 23.6 Å². The first-order valence-electron chi connectivity index (χ1n) is 7.27. The van der Waals surface area contributed by atoms with Crippen LogP contribution in [0.5, 0.6) is 5.75 Å².